The Morgan fingerprint density at radius 3 is 2.80 bits per heavy atom. The molecule has 1 amide bonds. The van der Waals surface area contributed by atoms with Crippen LogP contribution in [0.15, 0.2) is 34.0 Å². The van der Waals surface area contributed by atoms with Gasteiger partial charge in [0.2, 0.25) is 5.91 Å². The van der Waals surface area contributed by atoms with Crippen molar-refractivity contribution >= 4 is 47.2 Å². The summed E-state index contributed by atoms with van der Waals surface area (Å²) in [6, 6.07) is 3.79. The fraction of sp³-hybridized carbons (Fsp3) is 0.438. The highest BCUT2D eigenvalue weighted by atomic mass is 127. The van der Waals surface area contributed by atoms with E-state index in [1.807, 2.05) is 25.3 Å². The molecular formula is C16H24IN5O2S. The Hall–Kier alpha value is -1.62. The maximum atomic E-state index is 11.7. The van der Waals surface area contributed by atoms with Gasteiger partial charge in [0.15, 0.2) is 5.96 Å². The van der Waals surface area contributed by atoms with Crippen LogP contribution in [0.1, 0.15) is 15.6 Å². The van der Waals surface area contributed by atoms with Gasteiger partial charge in [-0.15, -0.1) is 35.3 Å². The molecule has 0 radical (unpaired) electrons. The van der Waals surface area contributed by atoms with Crippen molar-refractivity contribution < 1.29 is 9.21 Å². The molecule has 7 nitrogen and oxygen atoms in total. The fourth-order valence-electron chi connectivity index (χ4n) is 1.86. The number of halogens is 1. The number of furan rings is 1. The van der Waals surface area contributed by atoms with Crippen molar-refractivity contribution in [1.29, 1.82) is 0 Å². The third-order valence-corrected chi connectivity index (χ3v) is 4.10. The lowest BCUT2D eigenvalue weighted by Gasteiger charge is -2.12. The van der Waals surface area contributed by atoms with E-state index in [0.29, 0.717) is 19.0 Å². The molecule has 2 aromatic rings. The molecule has 2 heterocycles. The van der Waals surface area contributed by atoms with Gasteiger partial charge in [0, 0.05) is 38.1 Å². The van der Waals surface area contributed by atoms with E-state index in [0.717, 1.165) is 17.2 Å². The zero-order chi connectivity index (χ0) is 17.4. The lowest BCUT2D eigenvalue weighted by molar-refractivity contribution is -0.127. The molecule has 0 aromatic carbocycles. The quantitative estimate of drug-likeness (QED) is 0.363. The van der Waals surface area contributed by atoms with Crippen LogP contribution in [0.3, 0.4) is 0 Å². The summed E-state index contributed by atoms with van der Waals surface area (Å²) >= 11 is 1.63. The van der Waals surface area contributed by atoms with Gasteiger partial charge in [0.1, 0.15) is 17.3 Å². The molecule has 0 atom stereocenters. The monoisotopic (exact) mass is 477 g/mol. The number of amides is 1. The molecule has 0 bridgehead atoms. The molecular weight excluding hydrogens is 453 g/mol. The number of thiazole rings is 1. The van der Waals surface area contributed by atoms with Gasteiger partial charge in [-0.2, -0.15) is 0 Å². The summed E-state index contributed by atoms with van der Waals surface area (Å²) in [5.74, 6) is 1.44. The fourth-order valence-corrected chi connectivity index (χ4v) is 2.59. The Morgan fingerprint density at radius 2 is 2.20 bits per heavy atom. The van der Waals surface area contributed by atoms with E-state index in [9.17, 15) is 4.79 Å². The minimum Gasteiger partial charge on any atom is -0.469 e. The van der Waals surface area contributed by atoms with E-state index in [1.54, 1.807) is 31.7 Å². The maximum absolute atomic E-state index is 11.7. The van der Waals surface area contributed by atoms with Crippen LogP contribution in [-0.2, 0) is 17.8 Å². The first-order valence-corrected chi connectivity index (χ1v) is 8.52. The van der Waals surface area contributed by atoms with Gasteiger partial charge in [0.25, 0.3) is 0 Å². The number of aryl methyl sites for hydroxylation is 1. The van der Waals surface area contributed by atoms with Gasteiger partial charge in [-0.3, -0.25) is 4.79 Å². The van der Waals surface area contributed by atoms with Crippen molar-refractivity contribution in [2.45, 2.75) is 19.9 Å². The topological polar surface area (TPSA) is 82.8 Å². The van der Waals surface area contributed by atoms with Crippen molar-refractivity contribution in [3.63, 3.8) is 0 Å². The second-order valence-electron chi connectivity index (χ2n) is 5.43. The summed E-state index contributed by atoms with van der Waals surface area (Å²) in [5.41, 5.74) is 0. The van der Waals surface area contributed by atoms with Gasteiger partial charge in [-0.05, 0) is 19.1 Å². The Balaban J connectivity index is 0.00000312. The molecule has 9 heteroatoms. The number of hydrogen-bond donors (Lipinski definition) is 2. The van der Waals surface area contributed by atoms with Crippen LogP contribution >= 0.6 is 35.3 Å². The number of nitrogens with one attached hydrogen (secondary N) is 2. The predicted octanol–water partition coefficient (Wildman–Crippen LogP) is 2.03. The number of aliphatic imine (C=N–C) groups is 1. The first-order valence-electron chi connectivity index (χ1n) is 7.70. The van der Waals surface area contributed by atoms with E-state index < -0.39 is 0 Å². The third-order valence-electron chi connectivity index (χ3n) is 3.19. The Kier molecular flexibility index (Phi) is 9.50. The summed E-state index contributed by atoms with van der Waals surface area (Å²) < 4.78 is 5.31. The van der Waals surface area contributed by atoms with Crippen molar-refractivity contribution in [2.24, 2.45) is 4.99 Å². The van der Waals surface area contributed by atoms with Crippen molar-refractivity contribution in [3.8, 4) is 0 Å². The van der Waals surface area contributed by atoms with Crippen molar-refractivity contribution in [1.82, 2.24) is 20.5 Å². The summed E-state index contributed by atoms with van der Waals surface area (Å²) in [4.78, 5) is 23.1. The molecule has 0 aliphatic heterocycles. The van der Waals surface area contributed by atoms with Gasteiger partial charge >= 0.3 is 0 Å². The van der Waals surface area contributed by atoms with Crippen molar-refractivity contribution in [3.05, 3.63) is 40.2 Å². The number of carbonyl (C=O) groups is 1. The molecule has 0 saturated carbocycles. The summed E-state index contributed by atoms with van der Waals surface area (Å²) in [6.45, 7) is 3.35. The number of guanidine groups is 1. The predicted molar refractivity (Wildman–Crippen MR) is 111 cm³/mol. The molecule has 138 valence electrons. The highest BCUT2D eigenvalue weighted by Gasteiger charge is 2.06. The summed E-state index contributed by atoms with van der Waals surface area (Å²) in [5, 5.41) is 7.40. The van der Waals surface area contributed by atoms with Crippen molar-refractivity contribution in [2.75, 3.05) is 27.2 Å². The second kappa shape index (κ2) is 11.1. The second-order valence-corrected chi connectivity index (χ2v) is 6.75. The van der Waals surface area contributed by atoms with Gasteiger partial charge < -0.3 is 20.0 Å². The number of hydrogen-bond acceptors (Lipinski definition) is 5. The average molecular weight is 477 g/mol. The maximum Gasteiger partial charge on any atom is 0.243 e. The first kappa shape index (κ1) is 21.4. The van der Waals surface area contributed by atoms with Crippen LogP contribution in [0.2, 0.25) is 0 Å². The Morgan fingerprint density at radius 1 is 1.40 bits per heavy atom. The number of rotatable bonds is 7. The van der Waals surface area contributed by atoms with Gasteiger partial charge in [0.05, 0.1) is 12.8 Å². The molecule has 0 fully saturated rings. The number of aromatic nitrogens is 1. The normalized spacial score (nSPS) is 10.9. The molecule has 0 unspecified atom stereocenters. The van der Waals surface area contributed by atoms with Crippen LogP contribution in [0.4, 0.5) is 0 Å². The first-order chi connectivity index (χ1) is 11.5. The third kappa shape index (κ3) is 7.86. The lowest BCUT2D eigenvalue weighted by Crippen LogP contribution is -2.39. The smallest absolute Gasteiger partial charge is 0.243 e. The SMILES string of the molecule is Cc1cnc(CNC(=NCC(=O)N(C)C)NCCc2ccco2)s1.I. The number of likely N-dealkylation sites (N-methyl/N-ethyl adjacent to an activating group) is 1. The van der Waals surface area contributed by atoms with Crippen LogP contribution in [0.25, 0.3) is 0 Å². The number of carbonyl (C=O) groups excluding carboxylic acids is 1. The zero-order valence-electron chi connectivity index (χ0n) is 14.6. The summed E-state index contributed by atoms with van der Waals surface area (Å²) in [7, 11) is 3.43. The zero-order valence-corrected chi connectivity index (χ0v) is 17.8. The highest BCUT2D eigenvalue weighted by molar-refractivity contribution is 14.0. The van der Waals surface area contributed by atoms with Crippen LogP contribution < -0.4 is 10.6 Å². The van der Waals surface area contributed by atoms with Crippen LogP contribution in [-0.4, -0.2) is 48.9 Å². The molecule has 2 N–H and O–H groups in total. The minimum atomic E-state index is -0.0489. The molecule has 25 heavy (non-hydrogen) atoms. The largest absolute Gasteiger partial charge is 0.469 e. The van der Waals surface area contributed by atoms with Crippen LogP contribution in [0, 0.1) is 6.92 Å². The molecule has 0 aliphatic rings. The highest BCUT2D eigenvalue weighted by Crippen LogP contribution is 2.10. The Bertz CT molecular complexity index is 670. The minimum absolute atomic E-state index is 0. The van der Waals surface area contributed by atoms with Gasteiger partial charge in [-0.25, -0.2) is 9.98 Å². The molecule has 0 saturated heterocycles. The van der Waals surface area contributed by atoms with Gasteiger partial charge in [-0.1, -0.05) is 0 Å². The van der Waals surface area contributed by atoms with E-state index in [2.05, 4.69) is 20.6 Å². The van der Waals surface area contributed by atoms with E-state index in [1.165, 1.54) is 9.78 Å². The van der Waals surface area contributed by atoms with E-state index in [4.69, 9.17) is 4.42 Å². The molecule has 2 aromatic heterocycles. The lowest BCUT2D eigenvalue weighted by atomic mass is 10.3. The van der Waals surface area contributed by atoms with E-state index in [-0.39, 0.29) is 36.4 Å². The molecule has 0 aliphatic carbocycles. The standard InChI is InChI=1S/C16H23N5O2S.HI/c1-12-9-18-14(24-12)10-19-16(20-11-15(22)21(2)3)17-7-6-13-5-4-8-23-13;/h4-5,8-9H,6-7,10-11H2,1-3H3,(H2,17,19,20);1H. The van der Waals surface area contributed by atoms with E-state index >= 15 is 0 Å². The van der Waals surface area contributed by atoms with Crippen LogP contribution in [0.5, 0.6) is 0 Å². The molecule has 2 rings (SSSR count). The summed E-state index contributed by atoms with van der Waals surface area (Å²) in [6.07, 6.45) is 4.24. The molecule has 0 spiro atoms. The Labute approximate surface area is 168 Å². The average Bonchev–Trinajstić information content (AvgIpc) is 3.20. The number of nitrogens with zero attached hydrogens (tertiary/aromatic N) is 3.